The number of carbonyl (C=O) groups is 1. The first kappa shape index (κ1) is 26.7. The van der Waals surface area contributed by atoms with Crippen molar-refractivity contribution in [1.29, 1.82) is 0 Å². The van der Waals surface area contributed by atoms with Gasteiger partial charge in [-0.25, -0.2) is 9.78 Å². The van der Waals surface area contributed by atoms with E-state index in [2.05, 4.69) is 34.9 Å². The van der Waals surface area contributed by atoms with Crippen molar-refractivity contribution in [2.75, 3.05) is 24.5 Å². The molecule has 0 radical (unpaired) electrons. The van der Waals surface area contributed by atoms with Crippen molar-refractivity contribution in [3.8, 4) is 16.9 Å². The Morgan fingerprint density at radius 2 is 1.84 bits per heavy atom. The molecule has 3 aromatic rings. The molecular weight excluding hydrogens is 462 g/mol. The van der Waals surface area contributed by atoms with E-state index >= 15 is 0 Å². The number of esters is 1. The van der Waals surface area contributed by atoms with Crippen LogP contribution in [-0.2, 0) is 11.3 Å². The summed E-state index contributed by atoms with van der Waals surface area (Å²) in [6.45, 7) is 13.5. The minimum absolute atomic E-state index is 0.150. The predicted molar refractivity (Wildman–Crippen MR) is 149 cm³/mol. The van der Waals surface area contributed by atoms with E-state index in [1.807, 2.05) is 70.2 Å². The number of ether oxygens (including phenoxy) is 2. The van der Waals surface area contributed by atoms with E-state index in [-0.39, 0.29) is 18.2 Å². The molecule has 6 heteroatoms. The van der Waals surface area contributed by atoms with Gasteiger partial charge in [0, 0.05) is 37.4 Å². The first-order valence-corrected chi connectivity index (χ1v) is 13.4. The summed E-state index contributed by atoms with van der Waals surface area (Å²) < 4.78 is 11.6. The van der Waals surface area contributed by atoms with Gasteiger partial charge in [0.15, 0.2) is 0 Å². The Balaban J connectivity index is 1.57. The maximum Gasteiger partial charge on any atom is 0.342 e. The third-order valence-electron chi connectivity index (χ3n) is 6.60. The van der Waals surface area contributed by atoms with Gasteiger partial charge in [0.2, 0.25) is 0 Å². The molecular formula is C31H39N3O3. The van der Waals surface area contributed by atoms with Crippen molar-refractivity contribution in [1.82, 2.24) is 9.88 Å². The molecule has 6 nitrogen and oxygen atoms in total. The Morgan fingerprint density at radius 3 is 2.54 bits per heavy atom. The summed E-state index contributed by atoms with van der Waals surface area (Å²) in [5.74, 6) is 1.29. The second-order valence-corrected chi connectivity index (χ2v) is 10.1. The highest BCUT2D eigenvalue weighted by atomic mass is 16.5. The third kappa shape index (κ3) is 6.69. The SMILES string of the molecule is CCN(Cc1cccc(OC(C)C)c1)C1CCN(c2nccc(-c3ccccc3)c2C(=O)OC(C)C)C1. The maximum absolute atomic E-state index is 13.3. The molecule has 4 rings (SSSR count). The number of anilines is 1. The normalized spacial score (nSPS) is 15.6. The van der Waals surface area contributed by atoms with Crippen LogP contribution in [0.3, 0.4) is 0 Å². The molecule has 1 saturated heterocycles. The zero-order valence-corrected chi connectivity index (χ0v) is 22.7. The largest absolute Gasteiger partial charge is 0.491 e. The van der Waals surface area contributed by atoms with Gasteiger partial charge >= 0.3 is 5.97 Å². The van der Waals surface area contributed by atoms with Gasteiger partial charge in [-0.05, 0) is 70.0 Å². The number of aromatic nitrogens is 1. The molecule has 2 heterocycles. The van der Waals surface area contributed by atoms with Crippen molar-refractivity contribution in [3.05, 3.63) is 78.0 Å². The van der Waals surface area contributed by atoms with E-state index in [1.54, 1.807) is 6.20 Å². The Hall–Kier alpha value is -3.38. The van der Waals surface area contributed by atoms with Gasteiger partial charge in [0.1, 0.15) is 17.1 Å². The molecule has 1 aromatic heterocycles. The van der Waals surface area contributed by atoms with Gasteiger partial charge in [0.05, 0.1) is 12.2 Å². The second kappa shape index (κ2) is 12.2. The quantitative estimate of drug-likeness (QED) is 0.308. The van der Waals surface area contributed by atoms with Crippen LogP contribution in [0.2, 0.25) is 0 Å². The Morgan fingerprint density at radius 1 is 1.05 bits per heavy atom. The smallest absolute Gasteiger partial charge is 0.342 e. The summed E-state index contributed by atoms with van der Waals surface area (Å²) in [5.41, 5.74) is 3.62. The van der Waals surface area contributed by atoms with Crippen LogP contribution >= 0.6 is 0 Å². The van der Waals surface area contributed by atoms with E-state index in [0.29, 0.717) is 17.4 Å². The first-order valence-electron chi connectivity index (χ1n) is 13.4. The molecule has 1 unspecified atom stereocenters. The summed E-state index contributed by atoms with van der Waals surface area (Å²) in [6, 6.07) is 20.6. The Kier molecular flexibility index (Phi) is 8.82. The molecule has 0 saturated carbocycles. The van der Waals surface area contributed by atoms with Crippen molar-refractivity contribution in [2.45, 2.75) is 65.8 Å². The van der Waals surface area contributed by atoms with E-state index in [0.717, 1.165) is 49.5 Å². The van der Waals surface area contributed by atoms with E-state index in [4.69, 9.17) is 14.5 Å². The third-order valence-corrected chi connectivity index (χ3v) is 6.60. The average Bonchev–Trinajstić information content (AvgIpc) is 3.37. The first-order chi connectivity index (χ1) is 17.9. The standard InChI is InChI=1S/C31H39N3O3/c1-6-33(20-24-11-10-14-27(19-24)36-22(2)3)26-16-18-34(21-26)30-29(31(35)37-23(4)5)28(15-17-32-30)25-12-8-7-9-13-25/h7-15,17,19,22-23,26H,6,16,18,20-21H2,1-5H3. The number of likely N-dealkylation sites (N-methyl/N-ethyl adjacent to an activating group) is 1. The Bertz CT molecular complexity index is 1180. The van der Waals surface area contributed by atoms with Crippen LogP contribution in [0.15, 0.2) is 66.9 Å². The van der Waals surface area contributed by atoms with Gasteiger partial charge in [-0.15, -0.1) is 0 Å². The van der Waals surface area contributed by atoms with Crippen LogP contribution in [0.1, 0.15) is 57.0 Å². The van der Waals surface area contributed by atoms with Crippen molar-refractivity contribution in [2.24, 2.45) is 0 Å². The lowest BCUT2D eigenvalue weighted by Gasteiger charge is -2.28. The molecule has 1 fully saturated rings. The lowest BCUT2D eigenvalue weighted by atomic mass is 10.0. The van der Waals surface area contributed by atoms with E-state index < -0.39 is 0 Å². The molecule has 37 heavy (non-hydrogen) atoms. The number of benzene rings is 2. The number of pyridine rings is 1. The fraction of sp³-hybridized carbons (Fsp3) is 0.419. The fourth-order valence-corrected chi connectivity index (χ4v) is 4.98. The number of nitrogens with zero attached hydrogens (tertiary/aromatic N) is 3. The molecule has 196 valence electrons. The monoisotopic (exact) mass is 501 g/mol. The molecule has 0 bridgehead atoms. The van der Waals surface area contributed by atoms with Gasteiger partial charge in [-0.1, -0.05) is 49.4 Å². The molecule has 1 aliphatic rings. The van der Waals surface area contributed by atoms with Gasteiger partial charge in [0.25, 0.3) is 0 Å². The zero-order valence-electron chi connectivity index (χ0n) is 22.7. The highest BCUT2D eigenvalue weighted by molar-refractivity contribution is 6.02. The van der Waals surface area contributed by atoms with Crippen LogP contribution in [0, 0.1) is 0 Å². The molecule has 0 amide bonds. The molecule has 0 spiro atoms. The highest BCUT2D eigenvalue weighted by Crippen LogP contribution is 2.33. The van der Waals surface area contributed by atoms with Crippen LogP contribution in [0.5, 0.6) is 5.75 Å². The summed E-state index contributed by atoms with van der Waals surface area (Å²) in [6.07, 6.45) is 2.75. The lowest BCUT2D eigenvalue weighted by Crippen LogP contribution is -2.37. The van der Waals surface area contributed by atoms with E-state index in [1.165, 1.54) is 5.56 Å². The van der Waals surface area contributed by atoms with E-state index in [9.17, 15) is 4.79 Å². The number of hydrogen-bond donors (Lipinski definition) is 0. The Labute approximate surface area is 221 Å². The number of rotatable bonds is 10. The van der Waals surface area contributed by atoms with Gasteiger partial charge in [-0.3, -0.25) is 4.90 Å². The minimum Gasteiger partial charge on any atom is -0.491 e. The second-order valence-electron chi connectivity index (χ2n) is 10.1. The van der Waals surface area contributed by atoms with Crippen molar-refractivity contribution >= 4 is 11.8 Å². The summed E-state index contributed by atoms with van der Waals surface area (Å²) in [7, 11) is 0. The van der Waals surface area contributed by atoms with Gasteiger partial charge < -0.3 is 14.4 Å². The summed E-state index contributed by atoms with van der Waals surface area (Å²) in [5, 5.41) is 0. The lowest BCUT2D eigenvalue weighted by molar-refractivity contribution is 0.0379. The van der Waals surface area contributed by atoms with Crippen LogP contribution in [0.25, 0.3) is 11.1 Å². The van der Waals surface area contributed by atoms with Crippen LogP contribution < -0.4 is 9.64 Å². The topological polar surface area (TPSA) is 54.9 Å². The summed E-state index contributed by atoms with van der Waals surface area (Å²) >= 11 is 0. The number of carbonyl (C=O) groups excluding carboxylic acids is 1. The van der Waals surface area contributed by atoms with Crippen LogP contribution in [-0.4, -0.2) is 53.7 Å². The molecule has 0 N–H and O–H groups in total. The van der Waals surface area contributed by atoms with Crippen molar-refractivity contribution in [3.63, 3.8) is 0 Å². The summed E-state index contributed by atoms with van der Waals surface area (Å²) in [4.78, 5) is 22.8. The van der Waals surface area contributed by atoms with Crippen molar-refractivity contribution < 1.29 is 14.3 Å². The molecule has 1 atom stereocenters. The maximum atomic E-state index is 13.3. The molecule has 0 aliphatic carbocycles. The zero-order chi connectivity index (χ0) is 26.4. The fourth-order valence-electron chi connectivity index (χ4n) is 4.98. The highest BCUT2D eigenvalue weighted by Gasteiger charge is 2.32. The predicted octanol–water partition coefficient (Wildman–Crippen LogP) is 6.20. The molecule has 1 aliphatic heterocycles. The van der Waals surface area contributed by atoms with Gasteiger partial charge in [-0.2, -0.15) is 0 Å². The average molecular weight is 502 g/mol. The minimum atomic E-state index is -0.324. The van der Waals surface area contributed by atoms with Crippen LogP contribution in [0.4, 0.5) is 5.82 Å². The number of hydrogen-bond acceptors (Lipinski definition) is 6. The molecule has 2 aromatic carbocycles.